The highest BCUT2D eigenvalue weighted by atomic mass is 32.2. The second-order valence-electron chi connectivity index (χ2n) is 9.99. The monoisotopic (exact) mass is 589 g/mol. The Morgan fingerprint density at radius 3 is 2.71 bits per heavy atom. The highest BCUT2D eigenvalue weighted by Crippen LogP contribution is 2.41. The maximum absolute atomic E-state index is 12.9. The van der Waals surface area contributed by atoms with Gasteiger partial charge in [0.15, 0.2) is 0 Å². The van der Waals surface area contributed by atoms with Gasteiger partial charge < -0.3 is 29.2 Å². The third kappa shape index (κ3) is 6.39. The summed E-state index contributed by atoms with van der Waals surface area (Å²) in [6.07, 6.45) is 6.58. The molecule has 42 heavy (non-hydrogen) atoms. The summed E-state index contributed by atoms with van der Waals surface area (Å²) in [7, 11) is 1.59. The third-order valence-electron chi connectivity index (χ3n) is 7.22. The summed E-state index contributed by atoms with van der Waals surface area (Å²) in [4.78, 5) is 30.9. The van der Waals surface area contributed by atoms with Crippen molar-refractivity contribution in [2.24, 2.45) is 4.99 Å². The van der Waals surface area contributed by atoms with Crippen molar-refractivity contribution in [3.05, 3.63) is 76.0 Å². The number of rotatable bonds is 10. The molecule has 1 amide bonds. The smallest absolute Gasteiger partial charge is 0.344 e. The van der Waals surface area contributed by atoms with Crippen molar-refractivity contribution in [3.63, 3.8) is 0 Å². The molecular weight excluding hydrogens is 554 g/mol. The first-order valence-electron chi connectivity index (χ1n) is 14.1. The molecule has 5 rings (SSSR count). The number of aliphatic imine (C=N–C) groups is 1. The molecule has 2 aromatic carbocycles. The van der Waals surface area contributed by atoms with Crippen molar-refractivity contribution < 1.29 is 28.9 Å². The topological polar surface area (TPSA) is 111 Å². The number of para-hydroxylation sites is 1. The van der Waals surface area contributed by atoms with Gasteiger partial charge in [-0.05, 0) is 62.1 Å². The van der Waals surface area contributed by atoms with Gasteiger partial charge in [-0.15, -0.1) is 0 Å². The molecule has 0 bridgehead atoms. The number of benzene rings is 2. The molecule has 1 fully saturated rings. The summed E-state index contributed by atoms with van der Waals surface area (Å²) < 4.78 is 18.1. The number of aryl methyl sites for hydroxylation is 1. The van der Waals surface area contributed by atoms with E-state index in [1.54, 1.807) is 38.3 Å². The molecule has 3 aromatic rings. The van der Waals surface area contributed by atoms with Gasteiger partial charge in [-0.25, -0.2) is 9.79 Å². The van der Waals surface area contributed by atoms with E-state index in [1.807, 2.05) is 29.0 Å². The highest BCUT2D eigenvalue weighted by molar-refractivity contribution is 8.18. The van der Waals surface area contributed by atoms with Crippen LogP contribution in [0.15, 0.2) is 69.9 Å². The molecule has 1 aromatic heterocycles. The van der Waals surface area contributed by atoms with Crippen LogP contribution < -0.4 is 10.1 Å². The SMILES string of the molecule is CCOC(=O)C1=C(O)/C(=C/c2cn(CC(=O)NC[C@@H]3CCCO3)c3c(CC)cccc23)SC1=Nc1ccc(OC)cc1. The van der Waals surface area contributed by atoms with Crippen LogP contribution in [0.3, 0.4) is 0 Å². The van der Waals surface area contributed by atoms with Crippen molar-refractivity contribution in [3.8, 4) is 5.75 Å². The number of carbonyl (C=O) groups is 2. The van der Waals surface area contributed by atoms with E-state index in [1.165, 1.54) is 11.8 Å². The zero-order valence-electron chi connectivity index (χ0n) is 24.0. The number of ether oxygens (including phenoxy) is 3. The summed E-state index contributed by atoms with van der Waals surface area (Å²) in [6.45, 7) is 5.35. The fourth-order valence-corrected chi connectivity index (χ4v) is 6.17. The van der Waals surface area contributed by atoms with Crippen LogP contribution in [0.25, 0.3) is 17.0 Å². The molecule has 2 aliphatic rings. The molecule has 2 aliphatic heterocycles. The van der Waals surface area contributed by atoms with Gasteiger partial charge in [0.2, 0.25) is 5.91 Å². The van der Waals surface area contributed by atoms with Crippen LogP contribution in [0.1, 0.15) is 37.8 Å². The van der Waals surface area contributed by atoms with E-state index in [2.05, 4.69) is 23.3 Å². The standard InChI is InChI=1S/C32H35N3O6S/c1-4-20-8-6-10-25-21(18-35(29(20)25)19-27(36)33-17-24-9-7-15-41-24)16-26-30(37)28(32(38)40-5-2)31(42-26)34-22-11-13-23(39-3)14-12-22/h6,8,10-14,16,18,24,37H,4-5,7,9,15,17,19H2,1-3H3,(H,33,36)/b26-16-,34-31?/t24-/m0/s1. The molecule has 0 radical (unpaired) electrons. The van der Waals surface area contributed by atoms with Crippen LogP contribution in [-0.2, 0) is 32.0 Å². The van der Waals surface area contributed by atoms with E-state index >= 15 is 0 Å². The van der Waals surface area contributed by atoms with E-state index in [4.69, 9.17) is 14.2 Å². The Labute approximate surface area is 249 Å². The predicted octanol–water partition coefficient (Wildman–Crippen LogP) is 5.70. The summed E-state index contributed by atoms with van der Waals surface area (Å²) >= 11 is 1.20. The highest BCUT2D eigenvalue weighted by Gasteiger charge is 2.33. The Kier molecular flexibility index (Phi) is 9.34. The number of nitrogens with zero attached hydrogens (tertiary/aromatic N) is 2. The van der Waals surface area contributed by atoms with Crippen LogP contribution in [0, 0.1) is 0 Å². The van der Waals surface area contributed by atoms with Crippen molar-refractivity contribution >= 4 is 51.3 Å². The Hall–Kier alpha value is -4.02. The lowest BCUT2D eigenvalue weighted by Gasteiger charge is -2.12. The van der Waals surface area contributed by atoms with E-state index in [9.17, 15) is 14.7 Å². The zero-order chi connectivity index (χ0) is 29.6. The number of nitrogens with one attached hydrogen (secondary N) is 1. The first kappa shape index (κ1) is 29.5. The quantitative estimate of drug-likeness (QED) is 0.292. The predicted molar refractivity (Wildman–Crippen MR) is 165 cm³/mol. The Morgan fingerprint density at radius 1 is 1.21 bits per heavy atom. The summed E-state index contributed by atoms with van der Waals surface area (Å²) in [5.74, 6) is -0.237. The molecule has 9 nitrogen and oxygen atoms in total. The molecule has 10 heteroatoms. The number of aliphatic hydroxyl groups is 1. The zero-order valence-corrected chi connectivity index (χ0v) is 24.8. The molecular formula is C32H35N3O6S. The minimum atomic E-state index is -0.642. The molecule has 0 unspecified atom stereocenters. The maximum Gasteiger partial charge on any atom is 0.344 e. The molecule has 3 heterocycles. The maximum atomic E-state index is 12.9. The second kappa shape index (κ2) is 13.3. The minimum Gasteiger partial charge on any atom is -0.506 e. The van der Waals surface area contributed by atoms with Crippen molar-refractivity contribution in [2.75, 3.05) is 26.9 Å². The van der Waals surface area contributed by atoms with Gasteiger partial charge in [-0.3, -0.25) is 4.79 Å². The van der Waals surface area contributed by atoms with Gasteiger partial charge in [0.25, 0.3) is 0 Å². The molecule has 1 saturated heterocycles. The largest absolute Gasteiger partial charge is 0.506 e. The van der Waals surface area contributed by atoms with Gasteiger partial charge in [-0.2, -0.15) is 0 Å². The van der Waals surface area contributed by atoms with Crippen molar-refractivity contribution in [1.82, 2.24) is 9.88 Å². The number of hydrogen-bond acceptors (Lipinski definition) is 8. The minimum absolute atomic E-state index is 0.0235. The molecule has 0 saturated carbocycles. The third-order valence-corrected chi connectivity index (χ3v) is 8.24. The molecule has 0 spiro atoms. The Bertz CT molecular complexity index is 1560. The molecule has 220 valence electrons. The number of fused-ring (bicyclic) bond motifs is 1. The van der Waals surface area contributed by atoms with Crippen LogP contribution in [0.4, 0.5) is 5.69 Å². The number of amides is 1. The average Bonchev–Trinajstić information content (AvgIpc) is 3.71. The van der Waals surface area contributed by atoms with Crippen LogP contribution in [-0.4, -0.2) is 59.6 Å². The average molecular weight is 590 g/mol. The molecule has 1 atom stereocenters. The van der Waals surface area contributed by atoms with E-state index in [-0.39, 0.29) is 36.5 Å². The van der Waals surface area contributed by atoms with Crippen LogP contribution in [0.5, 0.6) is 5.75 Å². The fourth-order valence-electron chi connectivity index (χ4n) is 5.14. The number of hydrogen-bond donors (Lipinski definition) is 2. The van der Waals surface area contributed by atoms with E-state index in [0.29, 0.717) is 27.9 Å². The summed E-state index contributed by atoms with van der Waals surface area (Å²) in [5.41, 5.74) is 3.51. The van der Waals surface area contributed by atoms with Crippen molar-refractivity contribution in [2.45, 2.75) is 45.8 Å². The summed E-state index contributed by atoms with van der Waals surface area (Å²) in [6, 6.07) is 13.2. The van der Waals surface area contributed by atoms with Gasteiger partial charge in [0.1, 0.15) is 28.7 Å². The van der Waals surface area contributed by atoms with E-state index in [0.717, 1.165) is 47.9 Å². The lowest BCUT2D eigenvalue weighted by molar-refractivity contribution is -0.138. The lowest BCUT2D eigenvalue weighted by atomic mass is 10.1. The van der Waals surface area contributed by atoms with Crippen LogP contribution >= 0.6 is 11.8 Å². The second-order valence-corrected chi connectivity index (χ2v) is 11.0. The van der Waals surface area contributed by atoms with Crippen LogP contribution in [0.2, 0.25) is 0 Å². The number of esters is 1. The Morgan fingerprint density at radius 2 is 2.02 bits per heavy atom. The first-order valence-corrected chi connectivity index (χ1v) is 15.0. The lowest BCUT2D eigenvalue weighted by Crippen LogP contribution is -2.34. The van der Waals surface area contributed by atoms with Gasteiger partial charge in [-0.1, -0.05) is 36.9 Å². The molecule has 0 aliphatic carbocycles. The number of aromatic nitrogens is 1. The fraction of sp³-hybridized carbons (Fsp3) is 0.344. The van der Waals surface area contributed by atoms with Gasteiger partial charge in [0, 0.05) is 30.3 Å². The Balaban J connectivity index is 1.50. The normalized spacial score (nSPS) is 18.8. The van der Waals surface area contributed by atoms with E-state index < -0.39 is 5.97 Å². The first-order chi connectivity index (χ1) is 20.4. The van der Waals surface area contributed by atoms with Gasteiger partial charge >= 0.3 is 5.97 Å². The number of aliphatic hydroxyl groups excluding tert-OH is 1. The molecule has 2 N–H and O–H groups in total. The number of carbonyl (C=O) groups excluding carboxylic acids is 2. The number of methoxy groups -OCH3 is 1. The van der Waals surface area contributed by atoms with Crippen molar-refractivity contribution in [1.29, 1.82) is 0 Å². The number of thioether (sulfide) groups is 1. The van der Waals surface area contributed by atoms with Gasteiger partial charge in [0.05, 0.1) is 35.9 Å². The summed E-state index contributed by atoms with van der Waals surface area (Å²) in [5, 5.41) is 15.5.